The Morgan fingerprint density at radius 2 is 1.88 bits per heavy atom. The van der Waals surface area contributed by atoms with Crippen LogP contribution in [0.4, 0.5) is 11.5 Å². The Morgan fingerprint density at radius 3 is 2.65 bits per heavy atom. The van der Waals surface area contributed by atoms with E-state index >= 15 is 0 Å². The number of para-hydroxylation sites is 1. The number of benzene rings is 1. The largest absolute Gasteiger partial charge is 0.272 e. The van der Waals surface area contributed by atoms with Crippen LogP contribution in [0, 0.1) is 0 Å². The molecular weight excluding hydrogens is 280 g/mol. The summed E-state index contributed by atoms with van der Waals surface area (Å²) in [5.41, 5.74) is 1.76. The number of aromatic nitrogens is 1. The Kier molecular flexibility index (Phi) is 2.44. The van der Waals surface area contributed by atoms with Crippen LogP contribution in [0.1, 0.15) is 10.4 Å². The van der Waals surface area contributed by atoms with E-state index in [0.717, 1.165) is 11.3 Å². The number of hydrogen-bond acceptors (Lipinski definition) is 2. The minimum absolute atomic E-state index is 0.00454. The zero-order valence-corrected chi connectivity index (χ0v) is 10.5. The zero-order valence-electron chi connectivity index (χ0n) is 8.88. The molecule has 17 heavy (non-hydrogen) atoms. The lowest BCUT2D eigenvalue weighted by Gasteiger charge is -2.16. The summed E-state index contributed by atoms with van der Waals surface area (Å²) >= 11 is 3.41. The number of halogens is 1. The molecule has 0 aliphatic carbocycles. The first-order valence-corrected chi connectivity index (χ1v) is 6.18. The van der Waals surface area contributed by atoms with Gasteiger partial charge in [-0.3, -0.25) is 9.69 Å². The smallest absolute Gasteiger partial charge is 0.251 e. The Morgan fingerprint density at radius 1 is 1.12 bits per heavy atom. The number of pyridine rings is 1. The van der Waals surface area contributed by atoms with Crippen LogP contribution in [0.25, 0.3) is 0 Å². The fourth-order valence-electron chi connectivity index (χ4n) is 1.97. The van der Waals surface area contributed by atoms with Crippen molar-refractivity contribution in [1.29, 1.82) is 0 Å². The number of hydrogen-bond donors (Lipinski definition) is 0. The van der Waals surface area contributed by atoms with Gasteiger partial charge in [-0.1, -0.05) is 40.2 Å². The van der Waals surface area contributed by atoms with E-state index < -0.39 is 0 Å². The third kappa shape index (κ3) is 1.56. The Balaban J connectivity index is 2.16. The average Bonchev–Trinajstić information content (AvgIpc) is 2.64. The first-order chi connectivity index (χ1) is 8.29. The van der Waals surface area contributed by atoms with Gasteiger partial charge in [0.05, 0.1) is 5.69 Å². The van der Waals surface area contributed by atoms with Gasteiger partial charge in [0.1, 0.15) is 10.6 Å². The summed E-state index contributed by atoms with van der Waals surface area (Å²) in [6.45, 7) is 0. The maximum absolute atomic E-state index is 12.2. The van der Waals surface area contributed by atoms with E-state index in [2.05, 4.69) is 20.9 Å². The summed E-state index contributed by atoms with van der Waals surface area (Å²) in [5.74, 6) is 0.718. The molecule has 3 rings (SSSR count). The second kappa shape index (κ2) is 3.96. The second-order valence-corrected chi connectivity index (χ2v) is 4.70. The van der Waals surface area contributed by atoms with Crippen molar-refractivity contribution in [2.24, 2.45) is 0 Å². The molecule has 1 amide bonds. The molecule has 2 aromatic rings. The molecule has 2 heterocycles. The summed E-state index contributed by atoms with van der Waals surface area (Å²) in [4.78, 5) is 17.8. The molecule has 1 atom stereocenters. The van der Waals surface area contributed by atoms with Gasteiger partial charge in [0.2, 0.25) is 0 Å². The van der Waals surface area contributed by atoms with Gasteiger partial charge in [0.25, 0.3) is 5.91 Å². The van der Waals surface area contributed by atoms with E-state index in [1.165, 1.54) is 0 Å². The van der Waals surface area contributed by atoms with Crippen molar-refractivity contribution in [1.82, 2.24) is 4.98 Å². The van der Waals surface area contributed by atoms with E-state index in [1.807, 2.05) is 42.5 Å². The van der Waals surface area contributed by atoms with Crippen molar-refractivity contribution in [2.45, 2.75) is 4.83 Å². The van der Waals surface area contributed by atoms with Gasteiger partial charge in [-0.2, -0.15) is 0 Å². The van der Waals surface area contributed by atoms with Gasteiger partial charge in [-0.25, -0.2) is 4.98 Å². The van der Waals surface area contributed by atoms with Gasteiger partial charge in [-0.15, -0.1) is 0 Å². The molecule has 0 spiro atoms. The Bertz CT molecular complexity index is 571. The van der Waals surface area contributed by atoms with E-state index in [1.54, 1.807) is 11.1 Å². The highest BCUT2D eigenvalue weighted by Gasteiger charge is 2.37. The van der Waals surface area contributed by atoms with Crippen LogP contribution in [0.3, 0.4) is 0 Å². The summed E-state index contributed by atoms with van der Waals surface area (Å²) < 4.78 is 0. The van der Waals surface area contributed by atoms with Crippen LogP contribution in [0.5, 0.6) is 0 Å². The number of amides is 1. The number of nitrogens with zero attached hydrogens (tertiary/aromatic N) is 2. The molecule has 0 bridgehead atoms. The number of carbonyl (C=O) groups is 1. The van der Waals surface area contributed by atoms with E-state index in [-0.39, 0.29) is 10.7 Å². The highest BCUT2D eigenvalue weighted by molar-refractivity contribution is 9.09. The quantitative estimate of drug-likeness (QED) is 0.755. The molecule has 0 N–H and O–H groups in total. The molecule has 0 saturated carbocycles. The second-order valence-electron chi connectivity index (χ2n) is 3.79. The van der Waals surface area contributed by atoms with E-state index in [0.29, 0.717) is 5.82 Å². The van der Waals surface area contributed by atoms with Crippen molar-refractivity contribution in [3.8, 4) is 0 Å². The third-order valence-electron chi connectivity index (χ3n) is 2.75. The predicted octanol–water partition coefficient (Wildman–Crippen LogP) is 3.20. The number of anilines is 2. The minimum Gasteiger partial charge on any atom is -0.272 e. The predicted molar refractivity (Wildman–Crippen MR) is 69.5 cm³/mol. The first-order valence-electron chi connectivity index (χ1n) is 5.27. The number of carbonyl (C=O) groups excluding carboxylic acids is 1. The lowest BCUT2D eigenvalue weighted by Crippen LogP contribution is -2.22. The fraction of sp³-hybridized carbons (Fsp3) is 0.0769. The SMILES string of the molecule is O=C1C(Br)c2cccnc2N1c1ccccc1. The normalized spacial score (nSPS) is 18.3. The summed E-state index contributed by atoms with van der Waals surface area (Å²) in [5, 5.41) is 0. The molecule has 0 saturated heterocycles. The molecule has 1 unspecified atom stereocenters. The molecule has 1 aliphatic heterocycles. The number of fused-ring (bicyclic) bond motifs is 1. The summed E-state index contributed by atoms with van der Waals surface area (Å²) in [6, 6.07) is 13.3. The van der Waals surface area contributed by atoms with Gasteiger partial charge in [-0.05, 0) is 18.2 Å². The van der Waals surface area contributed by atoms with Crippen LogP contribution < -0.4 is 4.90 Å². The molecule has 1 aromatic carbocycles. The Hall–Kier alpha value is -1.68. The highest BCUT2D eigenvalue weighted by Crippen LogP contribution is 2.42. The van der Waals surface area contributed by atoms with Crippen molar-refractivity contribution >= 4 is 33.3 Å². The molecule has 1 aromatic heterocycles. The van der Waals surface area contributed by atoms with Crippen molar-refractivity contribution in [3.63, 3.8) is 0 Å². The molecule has 3 nitrogen and oxygen atoms in total. The maximum Gasteiger partial charge on any atom is 0.251 e. The Labute approximate surface area is 107 Å². The summed E-state index contributed by atoms with van der Waals surface area (Å²) in [7, 11) is 0. The molecule has 1 aliphatic rings. The van der Waals surface area contributed by atoms with E-state index in [4.69, 9.17) is 0 Å². The lowest BCUT2D eigenvalue weighted by atomic mass is 10.2. The average molecular weight is 289 g/mol. The van der Waals surface area contributed by atoms with Gasteiger partial charge < -0.3 is 0 Å². The molecule has 0 fully saturated rings. The number of alkyl halides is 1. The fourth-order valence-corrected chi connectivity index (χ4v) is 2.53. The van der Waals surface area contributed by atoms with Gasteiger partial charge in [0, 0.05) is 11.8 Å². The standard InChI is InChI=1S/C13H9BrN2O/c14-11-10-7-4-8-15-12(10)16(13(11)17)9-5-2-1-3-6-9/h1-8,11H. The van der Waals surface area contributed by atoms with Gasteiger partial charge >= 0.3 is 0 Å². The highest BCUT2D eigenvalue weighted by atomic mass is 79.9. The zero-order chi connectivity index (χ0) is 11.8. The minimum atomic E-state index is -0.300. The lowest BCUT2D eigenvalue weighted by molar-refractivity contribution is -0.116. The van der Waals surface area contributed by atoms with Crippen LogP contribution in [-0.4, -0.2) is 10.9 Å². The topological polar surface area (TPSA) is 33.2 Å². The number of rotatable bonds is 1. The first kappa shape index (κ1) is 10.5. The molecule has 4 heteroatoms. The van der Waals surface area contributed by atoms with Crippen molar-refractivity contribution in [2.75, 3.05) is 4.90 Å². The summed E-state index contributed by atoms with van der Waals surface area (Å²) in [6.07, 6.45) is 1.70. The van der Waals surface area contributed by atoms with Crippen LogP contribution in [0.15, 0.2) is 48.7 Å². The maximum atomic E-state index is 12.2. The van der Waals surface area contributed by atoms with Crippen LogP contribution in [0.2, 0.25) is 0 Å². The third-order valence-corrected chi connectivity index (χ3v) is 3.64. The van der Waals surface area contributed by atoms with Gasteiger partial charge in [0.15, 0.2) is 0 Å². The van der Waals surface area contributed by atoms with Crippen molar-refractivity contribution < 1.29 is 4.79 Å². The monoisotopic (exact) mass is 288 g/mol. The molecule has 84 valence electrons. The van der Waals surface area contributed by atoms with E-state index in [9.17, 15) is 4.79 Å². The van der Waals surface area contributed by atoms with Crippen LogP contribution in [-0.2, 0) is 4.79 Å². The molecular formula is C13H9BrN2O. The van der Waals surface area contributed by atoms with Crippen molar-refractivity contribution in [3.05, 3.63) is 54.2 Å². The van der Waals surface area contributed by atoms with Crippen LogP contribution >= 0.6 is 15.9 Å². The molecule has 0 radical (unpaired) electrons.